The third-order valence-electron chi connectivity index (χ3n) is 3.49. The Kier molecular flexibility index (Phi) is 3.52. The van der Waals surface area contributed by atoms with Gasteiger partial charge < -0.3 is 9.42 Å². The Hall–Kier alpha value is -1.76. The van der Waals surface area contributed by atoms with E-state index in [9.17, 15) is 4.79 Å². The molecule has 0 atom stereocenters. The van der Waals surface area contributed by atoms with Crippen molar-refractivity contribution in [3.63, 3.8) is 0 Å². The van der Waals surface area contributed by atoms with Crippen LogP contribution >= 0.6 is 11.5 Å². The van der Waals surface area contributed by atoms with Gasteiger partial charge in [-0.05, 0) is 30.8 Å². The molecule has 7 heteroatoms. The van der Waals surface area contributed by atoms with Crippen LogP contribution < -0.4 is 0 Å². The molecule has 1 aliphatic carbocycles. The number of amides is 1. The van der Waals surface area contributed by atoms with Crippen LogP contribution in [0.25, 0.3) is 0 Å². The number of aromatic nitrogens is 3. The van der Waals surface area contributed by atoms with Gasteiger partial charge in [0.15, 0.2) is 0 Å². The molecule has 1 saturated carbocycles. The monoisotopic (exact) mass is 292 g/mol. The van der Waals surface area contributed by atoms with Gasteiger partial charge in [0.05, 0.1) is 17.9 Å². The molecule has 0 aromatic carbocycles. The largest absolute Gasteiger partial charge is 0.364 e. The number of carbonyl (C=O) groups is 1. The quantitative estimate of drug-likeness (QED) is 0.845. The van der Waals surface area contributed by atoms with E-state index in [2.05, 4.69) is 14.7 Å². The van der Waals surface area contributed by atoms with Crippen molar-refractivity contribution in [3.8, 4) is 0 Å². The van der Waals surface area contributed by atoms with Crippen molar-refractivity contribution in [3.05, 3.63) is 28.1 Å². The van der Waals surface area contributed by atoms with Gasteiger partial charge >= 0.3 is 0 Å². The molecule has 0 N–H and O–H groups in total. The second-order valence-corrected chi connectivity index (χ2v) is 5.82. The Bertz CT molecular complexity index is 617. The summed E-state index contributed by atoms with van der Waals surface area (Å²) in [6.07, 6.45) is 4.63. The topological polar surface area (TPSA) is 72.1 Å². The van der Waals surface area contributed by atoms with E-state index in [0.717, 1.165) is 36.2 Å². The summed E-state index contributed by atoms with van der Waals surface area (Å²) in [5.74, 6) is 0.410. The summed E-state index contributed by atoms with van der Waals surface area (Å²) >= 11 is 1.19. The van der Waals surface area contributed by atoms with Crippen LogP contribution in [-0.4, -0.2) is 32.6 Å². The van der Waals surface area contributed by atoms with Gasteiger partial charge in [-0.3, -0.25) is 4.79 Å². The maximum absolute atomic E-state index is 12.5. The Labute approximate surface area is 120 Å². The minimum absolute atomic E-state index is 0.0230. The standard InChI is InChI=1S/C13H16N4O2S/c1-3-10-9(7-19-15-10)6-17(2)13(18)12-11(8-4-5-8)14-16-20-12/h7-8H,3-6H2,1-2H3. The zero-order valence-corrected chi connectivity index (χ0v) is 12.3. The van der Waals surface area contributed by atoms with Gasteiger partial charge in [0.25, 0.3) is 5.91 Å². The smallest absolute Gasteiger partial charge is 0.267 e. The summed E-state index contributed by atoms with van der Waals surface area (Å²) in [5.41, 5.74) is 2.72. The lowest BCUT2D eigenvalue weighted by Crippen LogP contribution is -2.26. The van der Waals surface area contributed by atoms with Crippen LogP contribution in [0.2, 0.25) is 0 Å². The van der Waals surface area contributed by atoms with Crippen molar-refractivity contribution in [1.29, 1.82) is 0 Å². The Morgan fingerprint density at radius 1 is 1.55 bits per heavy atom. The highest BCUT2D eigenvalue weighted by Gasteiger charge is 2.32. The van der Waals surface area contributed by atoms with Crippen LogP contribution in [0.5, 0.6) is 0 Å². The molecule has 2 aromatic heterocycles. The number of hydrogen-bond donors (Lipinski definition) is 0. The van der Waals surface area contributed by atoms with Gasteiger partial charge in [0, 0.05) is 18.5 Å². The lowest BCUT2D eigenvalue weighted by atomic mass is 10.2. The molecule has 0 spiro atoms. The maximum Gasteiger partial charge on any atom is 0.267 e. The van der Waals surface area contributed by atoms with Crippen molar-refractivity contribution in [2.24, 2.45) is 0 Å². The zero-order valence-electron chi connectivity index (χ0n) is 11.5. The minimum atomic E-state index is -0.0230. The number of hydrogen-bond acceptors (Lipinski definition) is 6. The van der Waals surface area contributed by atoms with E-state index in [1.807, 2.05) is 6.92 Å². The molecule has 0 aliphatic heterocycles. The van der Waals surface area contributed by atoms with Gasteiger partial charge in [-0.15, -0.1) is 5.10 Å². The van der Waals surface area contributed by atoms with Gasteiger partial charge in [-0.25, -0.2) is 0 Å². The molecule has 0 bridgehead atoms. The third kappa shape index (κ3) is 2.45. The van der Waals surface area contributed by atoms with Crippen LogP contribution in [0, 0.1) is 0 Å². The summed E-state index contributed by atoms with van der Waals surface area (Å²) in [6, 6.07) is 0. The Balaban J connectivity index is 1.74. The van der Waals surface area contributed by atoms with Crippen LogP contribution in [0.1, 0.15) is 52.3 Å². The molecule has 0 unspecified atom stereocenters. The van der Waals surface area contributed by atoms with E-state index < -0.39 is 0 Å². The molecule has 1 aliphatic rings. The van der Waals surface area contributed by atoms with E-state index >= 15 is 0 Å². The second kappa shape index (κ2) is 5.32. The van der Waals surface area contributed by atoms with Crippen molar-refractivity contribution >= 4 is 17.4 Å². The number of aryl methyl sites for hydroxylation is 1. The first-order chi connectivity index (χ1) is 9.70. The maximum atomic E-state index is 12.5. The van der Waals surface area contributed by atoms with Gasteiger partial charge in [-0.1, -0.05) is 16.6 Å². The first kappa shape index (κ1) is 13.2. The van der Waals surface area contributed by atoms with E-state index in [1.54, 1.807) is 18.2 Å². The summed E-state index contributed by atoms with van der Waals surface area (Å²) in [5, 5.41) is 8.03. The molecule has 6 nitrogen and oxygen atoms in total. The number of rotatable bonds is 5. The Morgan fingerprint density at radius 2 is 2.35 bits per heavy atom. The average molecular weight is 292 g/mol. The van der Waals surface area contributed by atoms with Crippen LogP contribution in [0.15, 0.2) is 10.8 Å². The molecular formula is C13H16N4O2S. The predicted octanol–water partition coefficient (Wildman–Crippen LogP) is 2.24. The van der Waals surface area contributed by atoms with E-state index in [1.165, 1.54) is 11.5 Å². The van der Waals surface area contributed by atoms with E-state index in [4.69, 9.17) is 4.52 Å². The predicted molar refractivity (Wildman–Crippen MR) is 73.6 cm³/mol. The van der Waals surface area contributed by atoms with Crippen LogP contribution in [0.4, 0.5) is 0 Å². The normalized spacial score (nSPS) is 14.5. The zero-order chi connectivity index (χ0) is 14.1. The lowest BCUT2D eigenvalue weighted by molar-refractivity contribution is 0.0788. The average Bonchev–Trinajstić information content (AvgIpc) is 3.01. The molecule has 2 heterocycles. The molecule has 20 heavy (non-hydrogen) atoms. The van der Waals surface area contributed by atoms with Gasteiger partial charge in [0.2, 0.25) is 0 Å². The fraction of sp³-hybridized carbons (Fsp3) is 0.538. The van der Waals surface area contributed by atoms with Gasteiger partial charge in [0.1, 0.15) is 11.1 Å². The number of carbonyl (C=O) groups excluding carboxylic acids is 1. The highest BCUT2D eigenvalue weighted by molar-refractivity contribution is 7.08. The van der Waals surface area contributed by atoms with E-state index in [-0.39, 0.29) is 5.91 Å². The Morgan fingerprint density at radius 3 is 3.05 bits per heavy atom. The second-order valence-electron chi connectivity index (χ2n) is 5.06. The molecule has 3 rings (SSSR count). The molecule has 1 fully saturated rings. The molecular weight excluding hydrogens is 276 g/mol. The summed E-state index contributed by atoms with van der Waals surface area (Å²) in [4.78, 5) is 14.8. The van der Waals surface area contributed by atoms with Crippen LogP contribution in [-0.2, 0) is 13.0 Å². The molecule has 106 valence electrons. The number of nitrogens with zero attached hydrogens (tertiary/aromatic N) is 4. The molecule has 1 amide bonds. The minimum Gasteiger partial charge on any atom is -0.364 e. The van der Waals surface area contributed by atoms with E-state index in [0.29, 0.717) is 17.3 Å². The highest BCUT2D eigenvalue weighted by Crippen LogP contribution is 2.41. The lowest BCUT2D eigenvalue weighted by Gasteiger charge is -2.15. The fourth-order valence-electron chi connectivity index (χ4n) is 2.17. The summed E-state index contributed by atoms with van der Waals surface area (Å²) in [7, 11) is 1.78. The highest BCUT2D eigenvalue weighted by atomic mass is 32.1. The van der Waals surface area contributed by atoms with Crippen molar-refractivity contribution < 1.29 is 9.32 Å². The molecule has 0 radical (unpaired) electrons. The van der Waals surface area contributed by atoms with Crippen LogP contribution in [0.3, 0.4) is 0 Å². The summed E-state index contributed by atoms with van der Waals surface area (Å²) in [6.45, 7) is 2.51. The van der Waals surface area contributed by atoms with Gasteiger partial charge in [-0.2, -0.15) is 0 Å². The SMILES string of the molecule is CCc1nocc1CN(C)C(=O)c1snnc1C1CC1. The fourth-order valence-corrected chi connectivity index (χ4v) is 2.92. The summed E-state index contributed by atoms with van der Waals surface area (Å²) < 4.78 is 8.90. The van der Waals surface area contributed by atoms with Crippen molar-refractivity contribution in [2.45, 2.75) is 38.6 Å². The molecule has 0 saturated heterocycles. The first-order valence-electron chi connectivity index (χ1n) is 6.70. The van der Waals surface area contributed by atoms with Crippen molar-refractivity contribution in [1.82, 2.24) is 19.6 Å². The third-order valence-corrected chi connectivity index (χ3v) is 4.22. The first-order valence-corrected chi connectivity index (χ1v) is 7.47. The molecule has 2 aromatic rings. The van der Waals surface area contributed by atoms with Crippen molar-refractivity contribution in [2.75, 3.05) is 7.05 Å².